The van der Waals surface area contributed by atoms with Gasteiger partial charge in [-0.1, -0.05) is 41.4 Å². The second-order valence-electron chi connectivity index (χ2n) is 5.82. The van der Waals surface area contributed by atoms with E-state index in [1.54, 1.807) is 22.8 Å². The SMILES string of the molecule is Cc1ccc(N=Nc2c(=O)[nH]n3c(-c4ccc(Cl)cc4)ccnc23)cc1. The minimum absolute atomic E-state index is 0.168. The van der Waals surface area contributed by atoms with Gasteiger partial charge in [0.05, 0.1) is 11.4 Å². The summed E-state index contributed by atoms with van der Waals surface area (Å²) in [6, 6.07) is 16.7. The van der Waals surface area contributed by atoms with Crippen LogP contribution in [0.3, 0.4) is 0 Å². The van der Waals surface area contributed by atoms with E-state index < -0.39 is 0 Å². The van der Waals surface area contributed by atoms with Crippen LogP contribution in [-0.2, 0) is 0 Å². The average Bonchev–Trinajstić information content (AvgIpc) is 2.97. The Morgan fingerprint density at radius 3 is 2.46 bits per heavy atom. The predicted molar refractivity (Wildman–Crippen MR) is 102 cm³/mol. The van der Waals surface area contributed by atoms with Crippen molar-refractivity contribution < 1.29 is 0 Å². The molecule has 2 aromatic carbocycles. The molecule has 6 nitrogen and oxygen atoms in total. The summed E-state index contributed by atoms with van der Waals surface area (Å²) < 4.78 is 1.61. The highest BCUT2D eigenvalue weighted by molar-refractivity contribution is 6.30. The van der Waals surface area contributed by atoms with Crippen molar-refractivity contribution in [2.24, 2.45) is 10.2 Å². The molecule has 1 N–H and O–H groups in total. The van der Waals surface area contributed by atoms with Crippen molar-refractivity contribution in [3.8, 4) is 11.3 Å². The van der Waals surface area contributed by atoms with Crippen LogP contribution in [0, 0.1) is 6.92 Å². The highest BCUT2D eigenvalue weighted by atomic mass is 35.5. The quantitative estimate of drug-likeness (QED) is 0.516. The lowest BCUT2D eigenvalue weighted by Crippen LogP contribution is -2.01. The van der Waals surface area contributed by atoms with Crippen LogP contribution in [0.1, 0.15) is 5.56 Å². The summed E-state index contributed by atoms with van der Waals surface area (Å²) >= 11 is 5.95. The Bertz CT molecular complexity index is 1160. The van der Waals surface area contributed by atoms with Crippen molar-refractivity contribution >= 4 is 28.6 Å². The lowest BCUT2D eigenvalue weighted by molar-refractivity contribution is 0.928. The monoisotopic (exact) mass is 363 g/mol. The predicted octanol–water partition coefficient (Wildman–Crippen LogP) is 5.07. The number of hydrogen-bond acceptors (Lipinski definition) is 4. The van der Waals surface area contributed by atoms with E-state index >= 15 is 0 Å². The number of nitrogens with one attached hydrogen (secondary N) is 1. The molecule has 0 aliphatic rings. The van der Waals surface area contributed by atoms with E-state index in [2.05, 4.69) is 20.3 Å². The molecule has 4 rings (SSSR count). The van der Waals surface area contributed by atoms with Gasteiger partial charge in [-0.25, -0.2) is 9.50 Å². The van der Waals surface area contributed by atoms with Gasteiger partial charge in [-0.15, -0.1) is 5.11 Å². The second kappa shape index (κ2) is 6.57. The van der Waals surface area contributed by atoms with Crippen molar-refractivity contribution in [2.75, 3.05) is 0 Å². The zero-order valence-electron chi connectivity index (χ0n) is 13.8. The first-order valence-electron chi connectivity index (χ1n) is 7.96. The number of benzene rings is 2. The van der Waals surface area contributed by atoms with Crippen LogP contribution < -0.4 is 5.56 Å². The van der Waals surface area contributed by atoms with E-state index in [9.17, 15) is 4.79 Å². The van der Waals surface area contributed by atoms with Gasteiger partial charge in [0.2, 0.25) is 0 Å². The molecule has 128 valence electrons. The minimum Gasteiger partial charge on any atom is -0.265 e. The van der Waals surface area contributed by atoms with Gasteiger partial charge in [-0.2, -0.15) is 5.11 Å². The molecule has 0 saturated carbocycles. The number of fused-ring (bicyclic) bond motifs is 1. The molecule has 0 aliphatic carbocycles. The van der Waals surface area contributed by atoms with Crippen LogP contribution in [0.2, 0.25) is 5.02 Å². The van der Waals surface area contributed by atoms with Crippen LogP contribution in [-0.4, -0.2) is 14.6 Å². The van der Waals surface area contributed by atoms with Gasteiger partial charge in [-0.3, -0.25) is 9.89 Å². The Labute approximate surface area is 153 Å². The van der Waals surface area contributed by atoms with E-state index in [1.165, 1.54) is 0 Å². The summed E-state index contributed by atoms with van der Waals surface area (Å²) in [7, 11) is 0. The van der Waals surface area contributed by atoms with Crippen LogP contribution >= 0.6 is 11.6 Å². The van der Waals surface area contributed by atoms with Crippen LogP contribution in [0.15, 0.2) is 75.8 Å². The molecule has 4 aromatic rings. The number of halogens is 1. The van der Waals surface area contributed by atoms with Gasteiger partial charge in [0.15, 0.2) is 11.3 Å². The highest BCUT2D eigenvalue weighted by Crippen LogP contribution is 2.25. The fraction of sp³-hybridized carbons (Fsp3) is 0.0526. The molecular formula is C19H14ClN5O. The van der Waals surface area contributed by atoms with Crippen LogP contribution in [0.4, 0.5) is 11.4 Å². The summed E-state index contributed by atoms with van der Waals surface area (Å²) in [5, 5.41) is 11.7. The Morgan fingerprint density at radius 2 is 1.73 bits per heavy atom. The zero-order chi connectivity index (χ0) is 18.1. The normalized spacial score (nSPS) is 11.5. The van der Waals surface area contributed by atoms with Gasteiger partial charge in [0.25, 0.3) is 5.56 Å². The molecule has 0 aliphatic heterocycles. The molecule has 0 spiro atoms. The van der Waals surface area contributed by atoms with E-state index in [0.29, 0.717) is 16.4 Å². The molecule has 26 heavy (non-hydrogen) atoms. The molecule has 0 unspecified atom stereocenters. The summed E-state index contributed by atoms with van der Waals surface area (Å²) in [6.45, 7) is 2.00. The number of rotatable bonds is 3. The molecule has 0 amide bonds. The number of H-pyrrole nitrogens is 1. The van der Waals surface area contributed by atoms with Crippen molar-refractivity contribution in [2.45, 2.75) is 6.92 Å². The zero-order valence-corrected chi connectivity index (χ0v) is 14.6. The summed E-state index contributed by atoms with van der Waals surface area (Å²) in [5.74, 6) is 0. The van der Waals surface area contributed by atoms with Gasteiger partial charge < -0.3 is 0 Å². The fourth-order valence-corrected chi connectivity index (χ4v) is 2.74. The summed E-state index contributed by atoms with van der Waals surface area (Å²) in [4.78, 5) is 16.6. The first-order chi connectivity index (χ1) is 12.6. The summed E-state index contributed by atoms with van der Waals surface area (Å²) in [6.07, 6.45) is 1.64. The number of aromatic amines is 1. The van der Waals surface area contributed by atoms with E-state index in [0.717, 1.165) is 16.8 Å². The number of azo groups is 1. The minimum atomic E-state index is -0.352. The largest absolute Gasteiger partial charge is 0.294 e. The van der Waals surface area contributed by atoms with E-state index in [1.807, 2.05) is 49.4 Å². The molecule has 2 heterocycles. The maximum atomic E-state index is 12.4. The van der Waals surface area contributed by atoms with Crippen molar-refractivity contribution in [3.63, 3.8) is 0 Å². The molecular weight excluding hydrogens is 350 g/mol. The Hall–Kier alpha value is -3.25. The van der Waals surface area contributed by atoms with Crippen LogP contribution in [0.25, 0.3) is 16.9 Å². The maximum Gasteiger partial charge on any atom is 0.294 e. The third-order valence-electron chi connectivity index (χ3n) is 3.96. The highest BCUT2D eigenvalue weighted by Gasteiger charge is 2.13. The molecule has 7 heteroatoms. The molecule has 2 aromatic heterocycles. The number of aryl methyl sites for hydroxylation is 1. The molecule has 0 fully saturated rings. The fourth-order valence-electron chi connectivity index (χ4n) is 2.62. The van der Waals surface area contributed by atoms with E-state index in [-0.39, 0.29) is 11.2 Å². The smallest absolute Gasteiger partial charge is 0.265 e. The molecule has 0 atom stereocenters. The molecule has 0 bridgehead atoms. The van der Waals surface area contributed by atoms with Gasteiger partial charge >= 0.3 is 0 Å². The van der Waals surface area contributed by atoms with Crippen molar-refractivity contribution in [1.29, 1.82) is 0 Å². The molecule has 0 radical (unpaired) electrons. The first kappa shape index (κ1) is 16.2. The Morgan fingerprint density at radius 1 is 1.00 bits per heavy atom. The first-order valence-corrected chi connectivity index (χ1v) is 8.34. The standard InChI is InChI=1S/C19H14ClN5O/c1-12-2-8-15(9-3-12)22-23-17-18-21-11-10-16(25(18)24-19(17)26)13-4-6-14(20)7-5-13/h2-11H,1H3,(H,24,26). The third-order valence-corrected chi connectivity index (χ3v) is 4.21. The lowest BCUT2D eigenvalue weighted by Gasteiger charge is -2.05. The lowest BCUT2D eigenvalue weighted by atomic mass is 10.1. The number of hydrogen-bond donors (Lipinski definition) is 1. The van der Waals surface area contributed by atoms with Gasteiger partial charge in [-0.05, 0) is 37.3 Å². The third kappa shape index (κ3) is 3.02. The second-order valence-corrected chi connectivity index (χ2v) is 6.26. The van der Waals surface area contributed by atoms with Crippen molar-refractivity contribution in [1.82, 2.24) is 14.6 Å². The average molecular weight is 364 g/mol. The maximum absolute atomic E-state index is 12.4. The summed E-state index contributed by atoms with van der Waals surface area (Å²) in [5.41, 5.74) is 3.71. The van der Waals surface area contributed by atoms with Gasteiger partial charge in [0.1, 0.15) is 0 Å². The Kier molecular flexibility index (Phi) is 4.10. The van der Waals surface area contributed by atoms with Gasteiger partial charge in [0, 0.05) is 16.8 Å². The Balaban J connectivity index is 1.81. The van der Waals surface area contributed by atoms with Crippen LogP contribution in [0.5, 0.6) is 0 Å². The van der Waals surface area contributed by atoms with Crippen molar-refractivity contribution in [3.05, 3.63) is 81.7 Å². The topological polar surface area (TPSA) is 74.9 Å². The van der Waals surface area contributed by atoms with E-state index in [4.69, 9.17) is 11.6 Å². The molecule has 0 saturated heterocycles. The number of nitrogens with zero attached hydrogens (tertiary/aromatic N) is 4. The number of aromatic nitrogens is 3.